The largest absolute Gasteiger partial charge is 0.454 e. The molecule has 1 amide bonds. The lowest BCUT2D eigenvalue weighted by molar-refractivity contribution is 0.0994. The molecule has 0 radical (unpaired) electrons. The number of carbonyl (C=O) groups is 1. The van der Waals surface area contributed by atoms with Gasteiger partial charge in [-0.1, -0.05) is 29.3 Å². The van der Waals surface area contributed by atoms with Crippen LogP contribution in [0.1, 0.15) is 33.3 Å². The lowest BCUT2D eigenvalue weighted by Crippen LogP contribution is -2.12. The van der Waals surface area contributed by atoms with E-state index in [1.807, 2.05) is 30.7 Å². The summed E-state index contributed by atoms with van der Waals surface area (Å²) in [5.41, 5.74) is 2.89. The molecule has 0 unspecified atom stereocenters. The number of nitrogens with zero attached hydrogens (tertiary/aromatic N) is 4. The molecule has 1 aromatic carbocycles. The number of benzene rings is 1. The number of aromatic nitrogens is 4. The summed E-state index contributed by atoms with van der Waals surface area (Å²) in [7, 11) is 0. The fourth-order valence-electron chi connectivity index (χ4n) is 3.12. The smallest absolute Gasteiger partial charge is 0.292 e. The molecule has 0 aliphatic rings. The Morgan fingerprint density at radius 3 is 2.61 bits per heavy atom. The molecule has 0 aliphatic carbocycles. The van der Waals surface area contributed by atoms with Gasteiger partial charge in [0.05, 0.1) is 33.3 Å². The van der Waals surface area contributed by atoms with Crippen LogP contribution in [0.2, 0.25) is 10.0 Å². The first kappa shape index (κ1) is 21.7. The molecule has 31 heavy (non-hydrogen) atoms. The van der Waals surface area contributed by atoms with Crippen molar-refractivity contribution in [3.63, 3.8) is 0 Å². The Bertz CT molecular complexity index is 1260. The Labute approximate surface area is 197 Å². The van der Waals surface area contributed by atoms with Gasteiger partial charge in [-0.3, -0.25) is 14.2 Å². The Morgan fingerprint density at radius 1 is 1.10 bits per heavy atom. The van der Waals surface area contributed by atoms with Crippen LogP contribution >= 0.6 is 39.1 Å². The van der Waals surface area contributed by atoms with Crippen LogP contribution < -0.4 is 5.32 Å². The molecule has 10 heteroatoms. The summed E-state index contributed by atoms with van der Waals surface area (Å²) < 4.78 is 9.87. The van der Waals surface area contributed by atoms with E-state index in [0.717, 1.165) is 17.0 Å². The molecule has 0 bridgehead atoms. The number of anilines is 1. The van der Waals surface area contributed by atoms with Crippen LogP contribution in [0.4, 0.5) is 5.82 Å². The summed E-state index contributed by atoms with van der Waals surface area (Å²) in [5, 5.41) is 12.6. The Balaban J connectivity index is 1.43. The normalized spacial score (nSPS) is 11.1. The molecule has 3 heterocycles. The maximum atomic E-state index is 12.6. The second-order valence-corrected chi connectivity index (χ2v) is 8.75. The molecule has 0 atom stereocenters. The van der Waals surface area contributed by atoms with Crippen LogP contribution in [-0.4, -0.2) is 25.5 Å². The van der Waals surface area contributed by atoms with Crippen molar-refractivity contribution in [3.05, 3.63) is 85.6 Å². The van der Waals surface area contributed by atoms with Crippen molar-refractivity contribution in [2.75, 3.05) is 5.32 Å². The predicted octanol–water partition coefficient (Wildman–Crippen LogP) is 5.71. The van der Waals surface area contributed by atoms with Gasteiger partial charge in [0.15, 0.2) is 11.6 Å². The molecule has 0 fully saturated rings. The second kappa shape index (κ2) is 8.90. The highest BCUT2D eigenvalue weighted by molar-refractivity contribution is 9.10. The van der Waals surface area contributed by atoms with Gasteiger partial charge in [-0.2, -0.15) is 10.2 Å². The molecule has 0 spiro atoms. The number of rotatable bonds is 6. The number of amides is 1. The lowest BCUT2D eigenvalue weighted by atomic mass is 10.2. The van der Waals surface area contributed by atoms with Crippen molar-refractivity contribution in [2.45, 2.75) is 26.9 Å². The van der Waals surface area contributed by atoms with Gasteiger partial charge in [-0.25, -0.2) is 0 Å². The number of nitrogens with one attached hydrogen (secondary N) is 1. The topological polar surface area (TPSA) is 77.9 Å². The molecule has 3 aromatic heterocycles. The van der Waals surface area contributed by atoms with E-state index >= 15 is 0 Å². The van der Waals surface area contributed by atoms with Gasteiger partial charge >= 0.3 is 0 Å². The van der Waals surface area contributed by atoms with Crippen LogP contribution in [0.25, 0.3) is 0 Å². The third-order valence-corrected chi connectivity index (χ3v) is 5.89. The highest BCUT2D eigenvalue weighted by Gasteiger charge is 2.16. The number of aryl methyl sites for hydroxylation is 2. The third-order valence-electron chi connectivity index (χ3n) is 4.57. The summed E-state index contributed by atoms with van der Waals surface area (Å²) >= 11 is 15.5. The molecular formula is C21H18BrCl2N5O2. The maximum Gasteiger partial charge on any atom is 0.292 e. The zero-order valence-corrected chi connectivity index (χ0v) is 19.8. The van der Waals surface area contributed by atoms with Crippen molar-refractivity contribution < 1.29 is 9.21 Å². The monoisotopic (exact) mass is 521 g/mol. The van der Waals surface area contributed by atoms with Crippen molar-refractivity contribution in [3.8, 4) is 0 Å². The van der Waals surface area contributed by atoms with Crippen LogP contribution in [-0.2, 0) is 13.1 Å². The van der Waals surface area contributed by atoms with E-state index in [1.165, 1.54) is 0 Å². The molecule has 0 saturated carbocycles. The van der Waals surface area contributed by atoms with E-state index in [2.05, 4.69) is 31.4 Å². The van der Waals surface area contributed by atoms with Crippen molar-refractivity contribution in [1.82, 2.24) is 19.6 Å². The van der Waals surface area contributed by atoms with E-state index in [4.69, 9.17) is 27.6 Å². The molecule has 4 aromatic rings. The number of halogens is 3. The van der Waals surface area contributed by atoms with Crippen LogP contribution in [0.5, 0.6) is 0 Å². The SMILES string of the molecule is Cc1cc(C)n(Cc2ccc(C(=O)Nc3nn(Cc4ccc(Cl)c(Cl)c4)cc3Br)o2)n1. The number of hydrogen-bond acceptors (Lipinski definition) is 4. The van der Waals surface area contributed by atoms with Gasteiger partial charge in [0, 0.05) is 11.9 Å². The van der Waals surface area contributed by atoms with E-state index in [9.17, 15) is 4.79 Å². The number of furan rings is 1. The lowest BCUT2D eigenvalue weighted by Gasteiger charge is -2.04. The summed E-state index contributed by atoms with van der Waals surface area (Å²) in [6, 6.07) is 10.8. The van der Waals surface area contributed by atoms with Gasteiger partial charge in [0.1, 0.15) is 5.76 Å². The first-order valence-electron chi connectivity index (χ1n) is 9.36. The molecule has 7 nitrogen and oxygen atoms in total. The van der Waals surface area contributed by atoms with E-state index in [-0.39, 0.29) is 11.7 Å². The first-order valence-corrected chi connectivity index (χ1v) is 10.9. The molecule has 0 aliphatic heterocycles. The Hall–Kier alpha value is -2.55. The van der Waals surface area contributed by atoms with E-state index in [1.54, 1.807) is 35.1 Å². The fourth-order valence-corrected chi connectivity index (χ4v) is 3.86. The Kier molecular flexibility index (Phi) is 6.22. The number of hydrogen-bond donors (Lipinski definition) is 1. The quantitative estimate of drug-likeness (QED) is 0.352. The van der Waals surface area contributed by atoms with E-state index in [0.29, 0.717) is 39.2 Å². The van der Waals surface area contributed by atoms with Crippen molar-refractivity contribution in [2.24, 2.45) is 0 Å². The van der Waals surface area contributed by atoms with Gasteiger partial charge in [-0.05, 0) is 65.7 Å². The zero-order chi connectivity index (χ0) is 22.1. The summed E-state index contributed by atoms with van der Waals surface area (Å²) in [5.74, 6) is 0.838. The number of carbonyl (C=O) groups excluding carboxylic acids is 1. The van der Waals surface area contributed by atoms with Crippen molar-refractivity contribution >= 4 is 50.9 Å². The zero-order valence-electron chi connectivity index (χ0n) is 16.7. The fraction of sp³-hybridized carbons (Fsp3) is 0.190. The minimum atomic E-state index is -0.389. The predicted molar refractivity (Wildman–Crippen MR) is 123 cm³/mol. The van der Waals surface area contributed by atoms with Gasteiger partial charge < -0.3 is 9.73 Å². The minimum absolute atomic E-state index is 0.197. The molecular weight excluding hydrogens is 505 g/mol. The maximum absolute atomic E-state index is 12.6. The van der Waals surface area contributed by atoms with Crippen LogP contribution in [0, 0.1) is 13.8 Å². The average molecular weight is 523 g/mol. The van der Waals surface area contributed by atoms with Crippen molar-refractivity contribution in [1.29, 1.82) is 0 Å². The van der Waals surface area contributed by atoms with Gasteiger partial charge in [-0.15, -0.1) is 0 Å². The molecule has 0 saturated heterocycles. The van der Waals surface area contributed by atoms with Crippen LogP contribution in [0.15, 0.2) is 51.5 Å². The van der Waals surface area contributed by atoms with Gasteiger partial charge in [0.2, 0.25) is 0 Å². The van der Waals surface area contributed by atoms with E-state index < -0.39 is 0 Å². The highest BCUT2D eigenvalue weighted by Crippen LogP contribution is 2.25. The third kappa shape index (κ3) is 5.03. The first-order chi connectivity index (χ1) is 14.8. The highest BCUT2D eigenvalue weighted by atomic mass is 79.9. The Morgan fingerprint density at radius 2 is 1.90 bits per heavy atom. The average Bonchev–Trinajstić information content (AvgIpc) is 3.39. The summed E-state index contributed by atoms with van der Waals surface area (Å²) in [4.78, 5) is 12.6. The molecule has 4 rings (SSSR count). The van der Waals surface area contributed by atoms with Gasteiger partial charge in [0.25, 0.3) is 5.91 Å². The second-order valence-electron chi connectivity index (χ2n) is 7.08. The summed E-state index contributed by atoms with van der Waals surface area (Å²) in [6.07, 6.45) is 1.77. The minimum Gasteiger partial charge on any atom is -0.454 e. The summed E-state index contributed by atoms with van der Waals surface area (Å²) in [6.45, 7) is 4.83. The molecule has 1 N–H and O–H groups in total. The standard InChI is InChI=1S/C21H18BrCl2N5O2/c1-12-7-13(2)29(26-12)10-15-4-6-19(31-15)21(30)25-20-16(22)11-28(27-20)9-14-3-5-17(23)18(24)8-14/h3-8,11H,9-10H2,1-2H3,(H,25,27,30). The van der Waals surface area contributed by atoms with Crippen LogP contribution in [0.3, 0.4) is 0 Å². The molecule has 160 valence electrons.